The molecule has 0 heterocycles. The van der Waals surface area contributed by atoms with Crippen LogP contribution >= 0.6 is 0 Å². The lowest BCUT2D eigenvalue weighted by Gasteiger charge is -2.07. The van der Waals surface area contributed by atoms with Gasteiger partial charge in [-0.2, -0.15) is 8.42 Å². The van der Waals surface area contributed by atoms with Crippen molar-refractivity contribution < 1.29 is 16.8 Å². The zero-order valence-electron chi connectivity index (χ0n) is 14.1. The highest BCUT2D eigenvalue weighted by molar-refractivity contribution is 7.81. The maximum Gasteiger partial charge on any atom is 0.399 e. The Hall–Kier alpha value is -0.130. The third-order valence-electron chi connectivity index (χ3n) is 3.27. The third kappa shape index (κ3) is 16.1. The SMILES string of the molecule is CCCCCCCCCCCCOS(=O)(=O)OCC(C)C. The van der Waals surface area contributed by atoms with Gasteiger partial charge in [-0.05, 0) is 12.3 Å². The van der Waals surface area contributed by atoms with Gasteiger partial charge in [0.25, 0.3) is 0 Å². The van der Waals surface area contributed by atoms with Crippen LogP contribution in [-0.4, -0.2) is 21.6 Å². The number of rotatable bonds is 15. The summed E-state index contributed by atoms with van der Waals surface area (Å²) in [6.45, 7) is 6.45. The first-order valence-corrected chi connectivity index (χ1v) is 9.85. The second-order valence-electron chi connectivity index (χ2n) is 6.09. The maximum absolute atomic E-state index is 11.4. The molecular weight excluding hydrogens is 288 g/mol. The minimum absolute atomic E-state index is 0.181. The Morgan fingerprint density at radius 3 is 1.71 bits per heavy atom. The van der Waals surface area contributed by atoms with Crippen molar-refractivity contribution in [3.63, 3.8) is 0 Å². The van der Waals surface area contributed by atoms with E-state index in [0.29, 0.717) is 0 Å². The Balaban J connectivity index is 3.32. The van der Waals surface area contributed by atoms with Gasteiger partial charge in [0.1, 0.15) is 0 Å². The van der Waals surface area contributed by atoms with Gasteiger partial charge in [0.2, 0.25) is 0 Å². The summed E-state index contributed by atoms with van der Waals surface area (Å²) in [6, 6.07) is 0. The molecule has 0 spiro atoms. The van der Waals surface area contributed by atoms with Crippen LogP contribution in [0.2, 0.25) is 0 Å². The molecule has 0 aliphatic rings. The lowest BCUT2D eigenvalue weighted by molar-refractivity contribution is 0.194. The fourth-order valence-electron chi connectivity index (χ4n) is 2.00. The standard InChI is InChI=1S/C16H34O4S/c1-4-5-6-7-8-9-10-11-12-13-14-19-21(17,18)20-15-16(2)3/h16H,4-15H2,1-3H3. The van der Waals surface area contributed by atoms with Crippen molar-refractivity contribution in [1.82, 2.24) is 0 Å². The summed E-state index contributed by atoms with van der Waals surface area (Å²) in [7, 11) is -3.79. The molecule has 128 valence electrons. The molecule has 0 N–H and O–H groups in total. The van der Waals surface area contributed by atoms with Gasteiger partial charge in [-0.15, -0.1) is 0 Å². The molecule has 0 bridgehead atoms. The molecule has 4 nitrogen and oxygen atoms in total. The van der Waals surface area contributed by atoms with Crippen molar-refractivity contribution in [2.24, 2.45) is 5.92 Å². The van der Waals surface area contributed by atoms with Crippen molar-refractivity contribution in [3.05, 3.63) is 0 Å². The first-order valence-electron chi connectivity index (χ1n) is 8.51. The van der Waals surface area contributed by atoms with Gasteiger partial charge in [0.15, 0.2) is 0 Å². The first-order chi connectivity index (χ1) is 9.98. The number of unbranched alkanes of at least 4 members (excludes halogenated alkanes) is 9. The molecule has 0 fully saturated rings. The van der Waals surface area contributed by atoms with Crippen molar-refractivity contribution in [3.8, 4) is 0 Å². The zero-order valence-corrected chi connectivity index (χ0v) is 14.9. The van der Waals surface area contributed by atoms with Crippen LogP contribution in [0.1, 0.15) is 85.0 Å². The smallest absolute Gasteiger partial charge is 0.248 e. The summed E-state index contributed by atoms with van der Waals surface area (Å²) in [6.07, 6.45) is 12.2. The Labute approximate surface area is 131 Å². The van der Waals surface area contributed by atoms with Gasteiger partial charge in [0, 0.05) is 0 Å². The minimum atomic E-state index is -3.79. The highest BCUT2D eigenvalue weighted by Gasteiger charge is 2.12. The third-order valence-corrected chi connectivity index (χ3v) is 4.15. The lowest BCUT2D eigenvalue weighted by Crippen LogP contribution is -2.14. The number of hydrogen-bond acceptors (Lipinski definition) is 4. The summed E-state index contributed by atoms with van der Waals surface area (Å²) >= 11 is 0. The molecule has 0 aromatic heterocycles. The largest absolute Gasteiger partial charge is 0.399 e. The Kier molecular flexibility index (Phi) is 13.4. The summed E-state index contributed by atoms with van der Waals surface area (Å²) in [5.74, 6) is 0.181. The van der Waals surface area contributed by atoms with E-state index >= 15 is 0 Å². The maximum atomic E-state index is 11.4. The molecular formula is C16H34O4S. The van der Waals surface area contributed by atoms with Crippen LogP contribution in [0.4, 0.5) is 0 Å². The van der Waals surface area contributed by atoms with Crippen LogP contribution in [0, 0.1) is 5.92 Å². The molecule has 0 amide bonds. The van der Waals surface area contributed by atoms with E-state index in [1.165, 1.54) is 44.9 Å². The molecule has 0 aromatic rings. The lowest BCUT2D eigenvalue weighted by atomic mass is 10.1. The van der Waals surface area contributed by atoms with Crippen LogP contribution in [0.15, 0.2) is 0 Å². The van der Waals surface area contributed by atoms with Crippen molar-refractivity contribution in [2.45, 2.75) is 85.0 Å². The Morgan fingerprint density at radius 2 is 1.24 bits per heavy atom. The summed E-state index contributed by atoms with van der Waals surface area (Å²) < 4.78 is 32.2. The van der Waals surface area contributed by atoms with Crippen LogP contribution < -0.4 is 0 Å². The second-order valence-corrected chi connectivity index (χ2v) is 7.38. The van der Waals surface area contributed by atoms with Gasteiger partial charge >= 0.3 is 10.4 Å². The van der Waals surface area contributed by atoms with Crippen molar-refractivity contribution >= 4 is 10.4 Å². The van der Waals surface area contributed by atoms with Gasteiger partial charge in [-0.3, -0.25) is 0 Å². The van der Waals surface area contributed by atoms with Crippen molar-refractivity contribution in [1.29, 1.82) is 0 Å². The summed E-state index contributed by atoms with van der Waals surface area (Å²) in [5.41, 5.74) is 0. The molecule has 0 saturated heterocycles. The van der Waals surface area contributed by atoms with E-state index in [9.17, 15) is 8.42 Å². The molecule has 21 heavy (non-hydrogen) atoms. The molecule has 0 saturated carbocycles. The molecule has 0 radical (unpaired) electrons. The molecule has 0 atom stereocenters. The minimum Gasteiger partial charge on any atom is -0.248 e. The Bertz CT molecular complexity index is 312. The molecule has 0 aliphatic heterocycles. The van der Waals surface area contributed by atoms with Gasteiger partial charge < -0.3 is 0 Å². The van der Waals surface area contributed by atoms with Crippen LogP contribution in [0.25, 0.3) is 0 Å². The summed E-state index contributed by atoms with van der Waals surface area (Å²) in [4.78, 5) is 0. The van der Waals surface area contributed by atoms with E-state index in [1.54, 1.807) is 0 Å². The first kappa shape index (κ1) is 20.9. The van der Waals surface area contributed by atoms with E-state index in [2.05, 4.69) is 6.92 Å². The van der Waals surface area contributed by atoms with Crippen LogP contribution in [0.5, 0.6) is 0 Å². The average molecular weight is 323 g/mol. The normalized spacial score (nSPS) is 12.2. The molecule has 0 aromatic carbocycles. The van der Waals surface area contributed by atoms with Crippen molar-refractivity contribution in [2.75, 3.05) is 13.2 Å². The van der Waals surface area contributed by atoms with Crippen LogP contribution in [-0.2, 0) is 18.8 Å². The Morgan fingerprint density at radius 1 is 0.762 bits per heavy atom. The highest BCUT2D eigenvalue weighted by Crippen LogP contribution is 2.11. The van der Waals surface area contributed by atoms with E-state index in [-0.39, 0.29) is 19.1 Å². The summed E-state index contributed by atoms with van der Waals surface area (Å²) in [5, 5.41) is 0. The molecule has 0 rings (SSSR count). The van der Waals surface area contributed by atoms with Gasteiger partial charge in [0.05, 0.1) is 13.2 Å². The van der Waals surface area contributed by atoms with Gasteiger partial charge in [-0.25, -0.2) is 8.37 Å². The molecule has 0 unspecified atom stereocenters. The zero-order chi connectivity index (χ0) is 16.0. The fourth-order valence-corrected chi connectivity index (χ4v) is 2.83. The predicted molar refractivity (Wildman–Crippen MR) is 87.5 cm³/mol. The monoisotopic (exact) mass is 322 g/mol. The topological polar surface area (TPSA) is 52.6 Å². The second kappa shape index (κ2) is 13.5. The molecule has 0 aliphatic carbocycles. The quantitative estimate of drug-likeness (QED) is 0.405. The van der Waals surface area contributed by atoms with Crippen LogP contribution in [0.3, 0.4) is 0 Å². The highest BCUT2D eigenvalue weighted by atomic mass is 32.3. The van der Waals surface area contributed by atoms with Gasteiger partial charge in [-0.1, -0.05) is 78.6 Å². The van der Waals surface area contributed by atoms with E-state index < -0.39 is 10.4 Å². The van der Waals surface area contributed by atoms with E-state index in [0.717, 1.165) is 19.3 Å². The molecule has 5 heteroatoms. The average Bonchev–Trinajstić information content (AvgIpc) is 2.43. The predicted octanol–water partition coefficient (Wildman–Crippen LogP) is 4.84. The van der Waals surface area contributed by atoms with E-state index in [1.807, 2.05) is 13.8 Å². The fraction of sp³-hybridized carbons (Fsp3) is 1.00. The number of hydrogen-bond donors (Lipinski definition) is 0. The van der Waals surface area contributed by atoms with E-state index in [4.69, 9.17) is 8.37 Å².